The van der Waals surface area contributed by atoms with E-state index in [2.05, 4.69) is 10.4 Å². The highest BCUT2D eigenvalue weighted by molar-refractivity contribution is 5.93. The Morgan fingerprint density at radius 1 is 1.06 bits per heavy atom. The number of aliphatic carboxylic acids is 1. The molecule has 35 heavy (non-hydrogen) atoms. The zero-order valence-electron chi connectivity index (χ0n) is 20.8. The Balaban J connectivity index is 1.91. The second kappa shape index (κ2) is 10.3. The van der Waals surface area contributed by atoms with Crippen molar-refractivity contribution < 1.29 is 24.5 Å². The number of rotatable bonds is 9. The predicted molar refractivity (Wildman–Crippen MR) is 133 cm³/mol. The number of carbonyl (C=O) groups excluding carboxylic acids is 1. The van der Waals surface area contributed by atoms with E-state index in [1.807, 2.05) is 76.2 Å². The molecular formula is C27H33N3O5. The summed E-state index contributed by atoms with van der Waals surface area (Å²) in [4.78, 5) is 24.6. The molecule has 0 bridgehead atoms. The van der Waals surface area contributed by atoms with Gasteiger partial charge in [0.25, 0.3) is 5.91 Å². The van der Waals surface area contributed by atoms with Crippen molar-refractivity contribution in [1.29, 1.82) is 0 Å². The number of hydrogen-bond acceptors (Lipinski definition) is 5. The third-order valence-corrected chi connectivity index (χ3v) is 6.16. The molecule has 0 radical (unpaired) electrons. The normalized spacial score (nSPS) is 14.1. The molecular weight excluding hydrogens is 446 g/mol. The largest absolute Gasteiger partial charge is 0.481 e. The second-order valence-electron chi connectivity index (χ2n) is 9.97. The molecule has 0 aliphatic carbocycles. The molecule has 8 heteroatoms. The van der Waals surface area contributed by atoms with Gasteiger partial charge in [-0.2, -0.15) is 5.10 Å². The molecule has 1 amide bonds. The summed E-state index contributed by atoms with van der Waals surface area (Å²) in [5.74, 6) is -1.27. The molecule has 1 heterocycles. The third-order valence-electron chi connectivity index (χ3n) is 6.16. The molecule has 0 fully saturated rings. The van der Waals surface area contributed by atoms with E-state index in [0.29, 0.717) is 11.3 Å². The predicted octanol–water partition coefficient (Wildman–Crippen LogP) is 4.30. The third kappa shape index (κ3) is 6.48. The highest BCUT2D eigenvalue weighted by Gasteiger charge is 2.36. The van der Waals surface area contributed by atoms with Gasteiger partial charge < -0.3 is 20.3 Å². The van der Waals surface area contributed by atoms with Crippen LogP contribution < -0.4 is 10.1 Å². The topological polar surface area (TPSA) is 114 Å². The van der Waals surface area contributed by atoms with Crippen molar-refractivity contribution in [1.82, 2.24) is 15.1 Å². The van der Waals surface area contributed by atoms with E-state index in [0.717, 1.165) is 5.56 Å². The molecule has 0 spiro atoms. The molecule has 2 unspecified atom stereocenters. The van der Waals surface area contributed by atoms with Crippen molar-refractivity contribution in [3.05, 3.63) is 77.5 Å². The Hall–Kier alpha value is -3.65. The number of hydrogen-bond donors (Lipinski definition) is 3. The minimum atomic E-state index is -1.14. The first-order valence-electron chi connectivity index (χ1n) is 11.5. The van der Waals surface area contributed by atoms with Gasteiger partial charge in [0.1, 0.15) is 12.2 Å². The standard InChI is InChI=1S/C27H33N3O5/c1-18-10-9-11-19(14-18)21(16-24(31)32)28-25(33)22-15-23(35-17-27(5,34)26(2,3)4)30(29-22)20-12-7-6-8-13-20/h6-15,21,34H,16-17H2,1-5H3,(H,28,33)(H,31,32). The van der Waals surface area contributed by atoms with E-state index in [-0.39, 0.29) is 24.6 Å². The molecule has 0 saturated heterocycles. The van der Waals surface area contributed by atoms with Crippen LogP contribution in [0.3, 0.4) is 0 Å². The maximum atomic E-state index is 13.2. The zero-order valence-corrected chi connectivity index (χ0v) is 20.8. The Labute approximate surface area is 205 Å². The van der Waals surface area contributed by atoms with Gasteiger partial charge in [0, 0.05) is 6.07 Å². The highest BCUT2D eigenvalue weighted by Crippen LogP contribution is 2.31. The van der Waals surface area contributed by atoms with Crippen LogP contribution in [0.5, 0.6) is 5.88 Å². The number of ether oxygens (including phenoxy) is 1. The molecule has 2 atom stereocenters. The van der Waals surface area contributed by atoms with Crippen LogP contribution in [0.25, 0.3) is 5.69 Å². The monoisotopic (exact) mass is 479 g/mol. The summed E-state index contributed by atoms with van der Waals surface area (Å²) in [5.41, 5.74) is 0.824. The van der Waals surface area contributed by atoms with Crippen molar-refractivity contribution in [2.45, 2.75) is 52.7 Å². The number of nitrogens with one attached hydrogen (secondary N) is 1. The zero-order chi connectivity index (χ0) is 25.8. The van der Waals surface area contributed by atoms with Crippen LogP contribution in [-0.2, 0) is 4.79 Å². The van der Waals surface area contributed by atoms with E-state index in [1.165, 1.54) is 10.7 Å². The van der Waals surface area contributed by atoms with Gasteiger partial charge in [-0.05, 0) is 37.0 Å². The Kier molecular flexibility index (Phi) is 7.65. The molecule has 3 rings (SSSR count). The maximum absolute atomic E-state index is 13.2. The van der Waals surface area contributed by atoms with Crippen molar-refractivity contribution in [3.8, 4) is 11.6 Å². The Bertz CT molecular complexity index is 1180. The Morgan fingerprint density at radius 3 is 2.34 bits per heavy atom. The number of carbonyl (C=O) groups is 2. The second-order valence-corrected chi connectivity index (χ2v) is 9.97. The number of aryl methyl sites for hydroxylation is 1. The summed E-state index contributed by atoms with van der Waals surface area (Å²) >= 11 is 0. The number of aliphatic hydroxyl groups is 1. The number of para-hydroxylation sites is 1. The average Bonchev–Trinajstić information content (AvgIpc) is 3.21. The summed E-state index contributed by atoms with van der Waals surface area (Å²) in [6, 6.07) is 17.3. The summed E-state index contributed by atoms with van der Waals surface area (Å²) in [5, 5.41) is 27.5. The lowest BCUT2D eigenvalue weighted by atomic mass is 9.78. The van der Waals surface area contributed by atoms with Crippen molar-refractivity contribution in [2.24, 2.45) is 5.41 Å². The van der Waals surface area contributed by atoms with Crippen LogP contribution in [0.4, 0.5) is 0 Å². The van der Waals surface area contributed by atoms with Gasteiger partial charge in [0.15, 0.2) is 5.69 Å². The first-order chi connectivity index (χ1) is 16.4. The molecule has 186 valence electrons. The Morgan fingerprint density at radius 2 is 1.74 bits per heavy atom. The smallest absolute Gasteiger partial charge is 0.305 e. The molecule has 8 nitrogen and oxygen atoms in total. The van der Waals surface area contributed by atoms with Gasteiger partial charge in [-0.1, -0.05) is 68.8 Å². The van der Waals surface area contributed by atoms with Crippen molar-refractivity contribution in [3.63, 3.8) is 0 Å². The van der Waals surface area contributed by atoms with Crippen LogP contribution in [0.1, 0.15) is 61.8 Å². The van der Waals surface area contributed by atoms with E-state index >= 15 is 0 Å². The van der Waals surface area contributed by atoms with Crippen LogP contribution in [-0.4, -0.2) is 44.1 Å². The number of benzene rings is 2. The number of aromatic nitrogens is 2. The average molecular weight is 480 g/mol. The minimum Gasteiger partial charge on any atom is -0.481 e. The maximum Gasteiger partial charge on any atom is 0.305 e. The van der Waals surface area contributed by atoms with Crippen LogP contribution >= 0.6 is 0 Å². The van der Waals surface area contributed by atoms with E-state index in [1.54, 1.807) is 13.0 Å². The van der Waals surface area contributed by atoms with E-state index < -0.39 is 28.9 Å². The fourth-order valence-electron chi connectivity index (χ4n) is 3.31. The number of carboxylic acid groups (broad SMARTS) is 1. The highest BCUT2D eigenvalue weighted by atomic mass is 16.5. The molecule has 3 aromatic rings. The van der Waals surface area contributed by atoms with Crippen LogP contribution in [0.15, 0.2) is 60.7 Å². The lowest BCUT2D eigenvalue weighted by molar-refractivity contribution is -0.137. The first kappa shape index (κ1) is 26.0. The number of nitrogens with zero attached hydrogens (tertiary/aromatic N) is 2. The van der Waals surface area contributed by atoms with Gasteiger partial charge in [0.2, 0.25) is 5.88 Å². The summed E-state index contributed by atoms with van der Waals surface area (Å²) in [7, 11) is 0. The molecule has 0 aliphatic rings. The first-order valence-corrected chi connectivity index (χ1v) is 11.5. The summed E-state index contributed by atoms with van der Waals surface area (Å²) in [6.07, 6.45) is -0.271. The number of carboxylic acids is 1. The lowest BCUT2D eigenvalue weighted by Gasteiger charge is -2.36. The molecule has 2 aromatic carbocycles. The number of amides is 1. The quantitative estimate of drug-likeness (QED) is 0.422. The molecule has 3 N–H and O–H groups in total. The van der Waals surface area contributed by atoms with Gasteiger partial charge in [-0.15, -0.1) is 0 Å². The molecule has 1 aromatic heterocycles. The summed E-state index contributed by atoms with van der Waals surface area (Å²) in [6.45, 7) is 9.33. The lowest BCUT2D eigenvalue weighted by Crippen LogP contribution is -2.45. The summed E-state index contributed by atoms with van der Waals surface area (Å²) < 4.78 is 7.45. The van der Waals surface area contributed by atoms with E-state index in [4.69, 9.17) is 4.74 Å². The van der Waals surface area contributed by atoms with Crippen molar-refractivity contribution in [2.75, 3.05) is 6.61 Å². The fraction of sp³-hybridized carbons (Fsp3) is 0.370. The molecule has 0 aliphatic heterocycles. The SMILES string of the molecule is Cc1cccc(C(CC(=O)O)NC(=O)c2cc(OCC(C)(O)C(C)(C)C)n(-c3ccccc3)n2)c1. The van der Waals surface area contributed by atoms with E-state index in [9.17, 15) is 19.8 Å². The van der Waals surface area contributed by atoms with Crippen molar-refractivity contribution >= 4 is 11.9 Å². The van der Waals surface area contributed by atoms with Crippen LogP contribution in [0.2, 0.25) is 0 Å². The molecule has 0 saturated carbocycles. The van der Waals surface area contributed by atoms with Crippen LogP contribution in [0, 0.1) is 12.3 Å². The van der Waals surface area contributed by atoms with Gasteiger partial charge >= 0.3 is 5.97 Å². The van der Waals surface area contributed by atoms with Gasteiger partial charge in [0.05, 0.1) is 18.2 Å². The van der Waals surface area contributed by atoms with Gasteiger partial charge in [-0.3, -0.25) is 9.59 Å². The minimum absolute atomic E-state index is 0.0129. The van der Waals surface area contributed by atoms with Gasteiger partial charge in [-0.25, -0.2) is 4.68 Å². The fourth-order valence-corrected chi connectivity index (χ4v) is 3.31.